The van der Waals surface area contributed by atoms with Gasteiger partial charge in [0.15, 0.2) is 0 Å². The highest BCUT2D eigenvalue weighted by molar-refractivity contribution is 7.89. The standard InChI is InChI=1S/C25H28F3N3O2S/c1-3-31-22(15-18-9-11-20(12-10-18)25(26,27)28)17-23(29-31)19-7-5-8-21(16-19)24(13-6-14-24)30-34(32,33)4-2/h5,7-12,16-17,30H,3-4,6,13-15H2,1-2H3. The Bertz CT molecular complexity index is 1260. The van der Waals surface area contributed by atoms with E-state index >= 15 is 0 Å². The molecule has 0 saturated heterocycles. The van der Waals surface area contributed by atoms with Crippen molar-refractivity contribution >= 4 is 10.0 Å². The normalized spacial score (nSPS) is 15.8. The molecular formula is C25H28F3N3O2S. The zero-order valence-corrected chi connectivity index (χ0v) is 20.0. The summed E-state index contributed by atoms with van der Waals surface area (Å²) >= 11 is 0. The van der Waals surface area contributed by atoms with Crippen molar-refractivity contribution in [2.45, 2.75) is 57.8 Å². The Kier molecular flexibility index (Phi) is 6.61. The molecule has 0 radical (unpaired) electrons. The molecule has 182 valence electrons. The summed E-state index contributed by atoms with van der Waals surface area (Å²) in [6.45, 7) is 4.21. The van der Waals surface area contributed by atoms with E-state index in [1.54, 1.807) is 6.92 Å². The summed E-state index contributed by atoms with van der Waals surface area (Å²) in [7, 11) is -3.36. The van der Waals surface area contributed by atoms with Gasteiger partial charge >= 0.3 is 6.18 Å². The minimum absolute atomic E-state index is 0.0304. The first-order chi connectivity index (χ1) is 16.0. The van der Waals surface area contributed by atoms with Crippen molar-refractivity contribution in [2.75, 3.05) is 5.75 Å². The SMILES string of the molecule is CCn1nc(-c2cccc(C3(NS(=O)(=O)CC)CCC3)c2)cc1Cc1ccc(C(F)(F)F)cc1. The first-order valence-corrected chi connectivity index (χ1v) is 13.1. The Hall–Kier alpha value is -2.65. The van der Waals surface area contributed by atoms with Gasteiger partial charge in [-0.15, -0.1) is 0 Å². The second-order valence-corrected chi connectivity index (χ2v) is 10.7. The molecule has 0 bridgehead atoms. The van der Waals surface area contributed by atoms with Crippen molar-refractivity contribution in [2.24, 2.45) is 0 Å². The third-order valence-corrected chi connectivity index (χ3v) is 7.94. The van der Waals surface area contributed by atoms with Crippen LogP contribution in [0.25, 0.3) is 11.3 Å². The molecule has 3 aromatic rings. The zero-order valence-electron chi connectivity index (χ0n) is 19.2. The number of halogens is 3. The van der Waals surface area contributed by atoms with Gasteiger partial charge in [-0.2, -0.15) is 18.3 Å². The summed E-state index contributed by atoms with van der Waals surface area (Å²) in [5.41, 5.74) is 2.96. The van der Waals surface area contributed by atoms with Gasteiger partial charge in [-0.1, -0.05) is 30.3 Å². The van der Waals surface area contributed by atoms with Gasteiger partial charge in [0.1, 0.15) is 0 Å². The van der Waals surface area contributed by atoms with E-state index < -0.39 is 27.3 Å². The lowest BCUT2D eigenvalue weighted by Crippen LogP contribution is -2.51. The van der Waals surface area contributed by atoms with Crippen LogP contribution in [0.15, 0.2) is 54.6 Å². The fourth-order valence-electron chi connectivity index (χ4n) is 4.36. The fraction of sp³-hybridized carbons (Fsp3) is 0.400. The van der Waals surface area contributed by atoms with E-state index in [-0.39, 0.29) is 5.75 Å². The highest BCUT2D eigenvalue weighted by atomic mass is 32.2. The van der Waals surface area contributed by atoms with Crippen LogP contribution in [0.2, 0.25) is 0 Å². The fourth-order valence-corrected chi connectivity index (χ4v) is 5.42. The average molecular weight is 492 g/mol. The first kappa shape index (κ1) is 24.5. The van der Waals surface area contributed by atoms with Crippen molar-refractivity contribution in [1.82, 2.24) is 14.5 Å². The van der Waals surface area contributed by atoms with Gasteiger partial charge in [0.2, 0.25) is 10.0 Å². The smallest absolute Gasteiger partial charge is 0.269 e. The molecule has 9 heteroatoms. The molecule has 0 unspecified atom stereocenters. The van der Waals surface area contributed by atoms with Crippen molar-refractivity contribution in [3.63, 3.8) is 0 Å². The number of rotatable bonds is 8. The van der Waals surface area contributed by atoms with Crippen LogP contribution in [0.1, 0.15) is 55.5 Å². The Morgan fingerprint density at radius 3 is 2.32 bits per heavy atom. The molecule has 1 aromatic heterocycles. The summed E-state index contributed by atoms with van der Waals surface area (Å²) in [6, 6.07) is 14.9. The molecule has 1 fully saturated rings. The van der Waals surface area contributed by atoms with Gasteiger partial charge < -0.3 is 0 Å². The Labute approximate surface area is 198 Å². The molecule has 34 heavy (non-hydrogen) atoms. The van der Waals surface area contributed by atoms with E-state index in [2.05, 4.69) is 4.72 Å². The van der Waals surface area contributed by atoms with Gasteiger partial charge in [0.05, 0.1) is 22.5 Å². The number of sulfonamides is 1. The van der Waals surface area contributed by atoms with Gasteiger partial charge in [-0.05, 0) is 68.5 Å². The number of hydrogen-bond acceptors (Lipinski definition) is 3. The second kappa shape index (κ2) is 9.19. The highest BCUT2D eigenvalue weighted by Gasteiger charge is 2.41. The maximum atomic E-state index is 12.9. The van der Waals surface area contributed by atoms with Crippen LogP contribution in [-0.4, -0.2) is 24.0 Å². The quantitative estimate of drug-likeness (QED) is 0.453. The van der Waals surface area contributed by atoms with Gasteiger partial charge in [0, 0.05) is 24.2 Å². The van der Waals surface area contributed by atoms with Crippen LogP contribution in [0.5, 0.6) is 0 Å². The summed E-state index contributed by atoms with van der Waals surface area (Å²) < 4.78 is 67.9. The van der Waals surface area contributed by atoms with Crippen molar-refractivity contribution in [3.8, 4) is 11.3 Å². The molecule has 1 saturated carbocycles. The molecule has 0 spiro atoms. The molecule has 1 aliphatic carbocycles. The summed E-state index contributed by atoms with van der Waals surface area (Å²) in [5, 5.41) is 4.71. The Balaban J connectivity index is 1.61. The molecule has 0 amide bonds. The number of aryl methyl sites for hydroxylation is 1. The molecule has 1 aliphatic rings. The lowest BCUT2D eigenvalue weighted by Gasteiger charge is -2.42. The maximum absolute atomic E-state index is 12.9. The van der Waals surface area contributed by atoms with E-state index in [4.69, 9.17) is 5.10 Å². The molecule has 0 aliphatic heterocycles. The third kappa shape index (κ3) is 5.05. The zero-order chi connectivity index (χ0) is 24.6. The summed E-state index contributed by atoms with van der Waals surface area (Å²) in [5.74, 6) is 0.0304. The van der Waals surface area contributed by atoms with Crippen LogP contribution in [0, 0.1) is 0 Å². The van der Waals surface area contributed by atoms with E-state index in [9.17, 15) is 21.6 Å². The summed E-state index contributed by atoms with van der Waals surface area (Å²) in [6.07, 6.45) is -1.45. The van der Waals surface area contributed by atoms with E-state index in [0.717, 1.165) is 59.5 Å². The molecule has 1 N–H and O–H groups in total. The molecule has 5 nitrogen and oxygen atoms in total. The Morgan fingerprint density at radius 1 is 1.06 bits per heavy atom. The van der Waals surface area contributed by atoms with Gasteiger partial charge in [-0.3, -0.25) is 4.68 Å². The first-order valence-electron chi connectivity index (χ1n) is 11.4. The minimum Gasteiger partial charge on any atom is -0.269 e. The van der Waals surface area contributed by atoms with Crippen LogP contribution in [-0.2, 0) is 34.7 Å². The van der Waals surface area contributed by atoms with Crippen molar-refractivity contribution < 1.29 is 21.6 Å². The lowest BCUT2D eigenvalue weighted by atomic mass is 9.72. The summed E-state index contributed by atoms with van der Waals surface area (Å²) in [4.78, 5) is 0. The lowest BCUT2D eigenvalue weighted by molar-refractivity contribution is -0.137. The topological polar surface area (TPSA) is 64.0 Å². The van der Waals surface area contributed by atoms with Crippen molar-refractivity contribution in [1.29, 1.82) is 0 Å². The molecule has 0 atom stereocenters. The van der Waals surface area contributed by atoms with E-state index in [1.807, 2.05) is 41.9 Å². The average Bonchev–Trinajstić information content (AvgIpc) is 3.19. The number of alkyl halides is 3. The number of hydrogen-bond donors (Lipinski definition) is 1. The number of nitrogens with one attached hydrogen (secondary N) is 1. The van der Waals surface area contributed by atoms with Crippen LogP contribution < -0.4 is 4.72 Å². The van der Waals surface area contributed by atoms with Crippen LogP contribution in [0.4, 0.5) is 13.2 Å². The largest absolute Gasteiger partial charge is 0.416 e. The Morgan fingerprint density at radius 2 is 1.76 bits per heavy atom. The van der Waals surface area contributed by atoms with Gasteiger partial charge in [-0.25, -0.2) is 13.1 Å². The van der Waals surface area contributed by atoms with Crippen LogP contribution in [0.3, 0.4) is 0 Å². The van der Waals surface area contributed by atoms with E-state index in [0.29, 0.717) is 13.0 Å². The monoisotopic (exact) mass is 491 g/mol. The number of benzene rings is 2. The van der Waals surface area contributed by atoms with Crippen molar-refractivity contribution in [3.05, 3.63) is 77.0 Å². The molecular weight excluding hydrogens is 463 g/mol. The number of aromatic nitrogens is 2. The second-order valence-electron chi connectivity index (χ2n) is 8.73. The molecule has 4 rings (SSSR count). The highest BCUT2D eigenvalue weighted by Crippen LogP contribution is 2.43. The van der Waals surface area contributed by atoms with Crippen LogP contribution >= 0.6 is 0 Å². The van der Waals surface area contributed by atoms with Gasteiger partial charge in [0.25, 0.3) is 0 Å². The minimum atomic E-state index is -4.36. The predicted octanol–water partition coefficient (Wildman–Crippen LogP) is 5.50. The third-order valence-electron chi connectivity index (χ3n) is 6.48. The predicted molar refractivity (Wildman–Crippen MR) is 126 cm³/mol. The maximum Gasteiger partial charge on any atom is 0.416 e. The molecule has 2 aromatic carbocycles. The molecule has 1 heterocycles. The number of nitrogens with zero attached hydrogens (tertiary/aromatic N) is 2. The van der Waals surface area contributed by atoms with E-state index in [1.165, 1.54) is 12.1 Å².